The van der Waals surface area contributed by atoms with E-state index in [9.17, 15) is 4.79 Å². The number of hydrogen-bond acceptors (Lipinski definition) is 6. The first-order chi connectivity index (χ1) is 22.3. The van der Waals surface area contributed by atoms with Gasteiger partial charge in [0, 0.05) is 19.5 Å². The number of unbranched alkanes of at least 4 members (excludes halogenated alkanes) is 14. The zero-order chi connectivity index (χ0) is 35.4. The number of nitrogens with zero attached hydrogens (tertiary/aromatic N) is 2. The van der Waals surface area contributed by atoms with Crippen molar-refractivity contribution in [1.82, 2.24) is 15.1 Å². The van der Waals surface area contributed by atoms with E-state index in [0.717, 1.165) is 58.4 Å². The van der Waals surface area contributed by atoms with Crippen molar-refractivity contribution in [2.75, 3.05) is 53.9 Å². The van der Waals surface area contributed by atoms with Crippen molar-refractivity contribution in [2.45, 2.75) is 200 Å². The lowest BCUT2D eigenvalue weighted by Gasteiger charge is -2.40. The highest BCUT2D eigenvalue weighted by Crippen LogP contribution is 2.37. The fourth-order valence-corrected chi connectivity index (χ4v) is 7.30. The van der Waals surface area contributed by atoms with Gasteiger partial charge in [-0.25, -0.2) is 0 Å². The first-order valence-corrected chi connectivity index (χ1v) is 23.1. The Morgan fingerprint density at radius 2 is 1.19 bits per heavy atom. The van der Waals surface area contributed by atoms with E-state index in [1.165, 1.54) is 103 Å². The second-order valence-electron chi connectivity index (χ2n) is 16.4. The predicted octanol–water partition coefficient (Wildman–Crippen LogP) is 10.6. The third kappa shape index (κ3) is 28.0. The van der Waals surface area contributed by atoms with Gasteiger partial charge in [-0.1, -0.05) is 118 Å². The van der Waals surface area contributed by atoms with Crippen molar-refractivity contribution in [3.05, 3.63) is 0 Å². The number of hydrogen-bond donors (Lipinski definition) is 1. The largest absolute Gasteiger partial charge is 0.462 e. The monoisotopic (exact) mass is 684 g/mol. The van der Waals surface area contributed by atoms with E-state index < -0.39 is 8.32 Å². The first kappa shape index (κ1) is 46.5. The predicted molar refractivity (Wildman–Crippen MR) is 209 cm³/mol. The number of rotatable bonds is 33. The summed E-state index contributed by atoms with van der Waals surface area (Å²) in [7, 11) is 4.69. The van der Waals surface area contributed by atoms with Gasteiger partial charge in [-0.3, -0.25) is 4.79 Å². The molecule has 0 heterocycles. The molecule has 0 aromatic rings. The summed E-state index contributed by atoms with van der Waals surface area (Å²) in [6.07, 6.45) is 25.4. The third-order valence-corrected chi connectivity index (χ3v) is 14.6. The molecular weight excluding hydrogens is 599 g/mol. The molecule has 47 heavy (non-hydrogen) atoms. The summed E-state index contributed by atoms with van der Waals surface area (Å²) in [4.78, 5) is 17.4. The lowest BCUT2D eigenvalue weighted by molar-refractivity contribution is -0.150. The van der Waals surface area contributed by atoms with Gasteiger partial charge in [0.05, 0.1) is 6.10 Å². The second-order valence-corrected chi connectivity index (χ2v) is 21.1. The van der Waals surface area contributed by atoms with Gasteiger partial charge in [-0.05, 0) is 104 Å². The summed E-state index contributed by atoms with van der Waals surface area (Å²) in [5, 5.41) is 3.93. The van der Waals surface area contributed by atoms with Crippen LogP contribution in [0.4, 0.5) is 0 Å². The molecule has 0 rings (SSSR count). The van der Waals surface area contributed by atoms with Crippen LogP contribution in [0.1, 0.15) is 169 Å². The highest BCUT2D eigenvalue weighted by molar-refractivity contribution is 6.74. The van der Waals surface area contributed by atoms with Crippen LogP contribution in [-0.4, -0.2) is 90.2 Å². The van der Waals surface area contributed by atoms with Crippen molar-refractivity contribution in [2.24, 2.45) is 0 Å². The van der Waals surface area contributed by atoms with Crippen molar-refractivity contribution in [3.8, 4) is 0 Å². The highest BCUT2D eigenvalue weighted by atomic mass is 28.4. The van der Waals surface area contributed by atoms with Crippen molar-refractivity contribution >= 4 is 14.3 Å². The number of likely N-dealkylation sites (N-methyl/N-ethyl adjacent to an activating group) is 1. The van der Waals surface area contributed by atoms with Crippen LogP contribution in [0.15, 0.2) is 0 Å². The molecule has 0 aliphatic heterocycles. The van der Waals surface area contributed by atoms with Gasteiger partial charge in [0.1, 0.15) is 6.10 Å². The zero-order valence-electron chi connectivity index (χ0n) is 33.7. The topological polar surface area (TPSA) is 54.0 Å². The van der Waals surface area contributed by atoms with E-state index in [1.807, 2.05) is 0 Å². The molecule has 0 saturated carbocycles. The molecule has 0 fully saturated rings. The maximum atomic E-state index is 12.7. The van der Waals surface area contributed by atoms with E-state index in [2.05, 4.69) is 84.0 Å². The lowest BCUT2D eigenvalue weighted by atomic mass is 10.0. The van der Waals surface area contributed by atoms with Crippen molar-refractivity contribution in [3.63, 3.8) is 0 Å². The van der Waals surface area contributed by atoms with Gasteiger partial charge < -0.3 is 24.3 Å². The Morgan fingerprint density at radius 3 is 1.72 bits per heavy atom. The Balaban J connectivity index is 4.39. The molecule has 0 aromatic heterocycles. The number of carbonyl (C=O) groups excluding carboxylic acids is 1. The van der Waals surface area contributed by atoms with Gasteiger partial charge in [0.25, 0.3) is 0 Å². The Kier molecular flexibility index (Phi) is 29.0. The molecule has 282 valence electrons. The standard InChI is InChI=1S/C40H85N3O3Si/c1-11-13-15-17-20-24-29-37(30-25-21-18-16-14-12-2)45-39(44)31-26-22-19-23-27-32-41-35-38(46-47(9,10)40(3,4)5)36-43(8)34-28-33-42(6)7/h37-38,41H,11-36H2,1-10H3. The molecule has 0 aliphatic rings. The molecule has 0 spiro atoms. The minimum atomic E-state index is -1.83. The Bertz CT molecular complexity index is 697. The fourth-order valence-electron chi connectivity index (χ4n) is 5.96. The Morgan fingerprint density at radius 1 is 0.681 bits per heavy atom. The highest BCUT2D eigenvalue weighted by Gasteiger charge is 2.39. The first-order valence-electron chi connectivity index (χ1n) is 20.2. The molecule has 0 amide bonds. The quantitative estimate of drug-likeness (QED) is 0.0422. The SMILES string of the molecule is CCCCCCCCC(CCCCCCCC)OC(=O)CCCCCCCNCC(CN(C)CCCN(C)C)O[Si](C)(C)C(C)(C)C. The fraction of sp³-hybridized carbons (Fsp3) is 0.975. The van der Waals surface area contributed by atoms with Crippen LogP contribution in [0.3, 0.4) is 0 Å². The van der Waals surface area contributed by atoms with Gasteiger partial charge in [-0.2, -0.15) is 0 Å². The lowest BCUT2D eigenvalue weighted by Crippen LogP contribution is -2.49. The smallest absolute Gasteiger partial charge is 0.306 e. The van der Waals surface area contributed by atoms with Crippen molar-refractivity contribution < 1.29 is 14.0 Å². The Labute approximate surface area is 296 Å². The molecular formula is C40H85N3O3Si. The van der Waals surface area contributed by atoms with E-state index >= 15 is 0 Å². The van der Waals surface area contributed by atoms with Crippen LogP contribution in [0.25, 0.3) is 0 Å². The molecule has 1 unspecified atom stereocenters. The molecule has 0 aromatic carbocycles. The zero-order valence-corrected chi connectivity index (χ0v) is 34.7. The molecule has 0 aliphatic carbocycles. The molecule has 0 bridgehead atoms. The maximum absolute atomic E-state index is 12.7. The average molecular weight is 684 g/mol. The Hall–Kier alpha value is -0.473. The number of nitrogens with one attached hydrogen (secondary N) is 1. The summed E-state index contributed by atoms with van der Waals surface area (Å²) in [5.41, 5.74) is 0. The molecule has 7 heteroatoms. The van der Waals surface area contributed by atoms with Crippen LogP contribution >= 0.6 is 0 Å². The van der Waals surface area contributed by atoms with E-state index in [0.29, 0.717) is 6.42 Å². The molecule has 0 radical (unpaired) electrons. The maximum Gasteiger partial charge on any atom is 0.306 e. The second kappa shape index (κ2) is 29.3. The molecule has 1 N–H and O–H groups in total. The summed E-state index contributed by atoms with van der Waals surface area (Å²) in [5.74, 6) is 0.0353. The van der Waals surface area contributed by atoms with Crippen LogP contribution in [0, 0.1) is 0 Å². The van der Waals surface area contributed by atoms with Gasteiger partial charge >= 0.3 is 5.97 Å². The minimum Gasteiger partial charge on any atom is -0.462 e. The van der Waals surface area contributed by atoms with Gasteiger partial charge in [-0.15, -0.1) is 0 Å². The van der Waals surface area contributed by atoms with Crippen LogP contribution < -0.4 is 5.32 Å². The number of esters is 1. The molecule has 1 atom stereocenters. The number of ether oxygens (including phenoxy) is 1. The van der Waals surface area contributed by atoms with E-state index in [1.54, 1.807) is 0 Å². The normalized spacial score (nSPS) is 13.3. The summed E-state index contributed by atoms with van der Waals surface area (Å²) in [6, 6.07) is 0. The van der Waals surface area contributed by atoms with E-state index in [-0.39, 0.29) is 23.2 Å². The summed E-state index contributed by atoms with van der Waals surface area (Å²) in [6.45, 7) is 21.4. The van der Waals surface area contributed by atoms with Crippen LogP contribution in [0.5, 0.6) is 0 Å². The third-order valence-electron chi connectivity index (χ3n) is 10.1. The van der Waals surface area contributed by atoms with E-state index in [4.69, 9.17) is 9.16 Å². The number of carbonyl (C=O) groups is 1. The van der Waals surface area contributed by atoms with Gasteiger partial charge in [0.2, 0.25) is 0 Å². The minimum absolute atomic E-state index is 0.0353. The molecule has 6 nitrogen and oxygen atoms in total. The van der Waals surface area contributed by atoms with Crippen LogP contribution in [-0.2, 0) is 14.0 Å². The molecule has 0 saturated heterocycles. The van der Waals surface area contributed by atoms with Gasteiger partial charge in [0.15, 0.2) is 8.32 Å². The average Bonchev–Trinajstić information content (AvgIpc) is 2.98. The summed E-state index contributed by atoms with van der Waals surface area (Å²) >= 11 is 0. The summed E-state index contributed by atoms with van der Waals surface area (Å²) < 4.78 is 12.9. The van der Waals surface area contributed by atoms with Crippen molar-refractivity contribution in [1.29, 1.82) is 0 Å². The van der Waals surface area contributed by atoms with Crippen LogP contribution in [0.2, 0.25) is 18.1 Å².